The number of aryl methyl sites for hydroxylation is 1. The second-order valence-electron chi connectivity index (χ2n) is 6.48. The van der Waals surface area contributed by atoms with Gasteiger partial charge in [0.25, 0.3) is 15.1 Å². The van der Waals surface area contributed by atoms with Gasteiger partial charge in [-0.1, -0.05) is 25.9 Å². The molecule has 0 aliphatic carbocycles. The van der Waals surface area contributed by atoms with Gasteiger partial charge in [0.15, 0.2) is 5.82 Å². The molecule has 0 bridgehead atoms. The van der Waals surface area contributed by atoms with E-state index in [9.17, 15) is 8.42 Å². The average molecular weight is 325 g/mol. The van der Waals surface area contributed by atoms with Gasteiger partial charge in [0.05, 0.1) is 11.7 Å². The summed E-state index contributed by atoms with van der Waals surface area (Å²) in [4.78, 5) is 0. The number of nitrogens with one attached hydrogen (secondary N) is 1. The van der Waals surface area contributed by atoms with Crippen LogP contribution >= 0.6 is 0 Å². The Morgan fingerprint density at radius 3 is 2.86 bits per heavy atom. The van der Waals surface area contributed by atoms with E-state index in [-0.39, 0.29) is 10.5 Å². The molecule has 0 saturated carbocycles. The third-order valence-electron chi connectivity index (χ3n) is 3.67. The summed E-state index contributed by atoms with van der Waals surface area (Å²) in [6, 6.07) is 1.07. The molecule has 0 saturated heterocycles. The minimum Gasteiger partial charge on any atom is -0.343 e. The Hall–Kier alpha value is -1.74. The number of hydrogen-bond donors (Lipinski definition) is 1. The van der Waals surface area contributed by atoms with Crippen LogP contribution in [0.1, 0.15) is 51.2 Å². The second-order valence-corrected chi connectivity index (χ2v) is 8.12. The molecule has 0 aromatic carbocycles. The van der Waals surface area contributed by atoms with E-state index < -0.39 is 16.1 Å². The molecular weight excluding hydrogens is 306 g/mol. The summed E-state index contributed by atoms with van der Waals surface area (Å²) in [7, 11) is -3.78. The first-order valence-corrected chi connectivity index (χ1v) is 8.63. The topological polar surface area (TPSA) is 103 Å². The van der Waals surface area contributed by atoms with Crippen LogP contribution in [-0.2, 0) is 22.0 Å². The normalized spacial score (nSPS) is 19.1. The lowest BCUT2D eigenvalue weighted by Crippen LogP contribution is -2.32. The van der Waals surface area contributed by atoms with Crippen LogP contribution in [0.3, 0.4) is 0 Å². The monoisotopic (exact) mass is 325 g/mol. The number of fused-ring (bicyclic) bond motifs is 1. The van der Waals surface area contributed by atoms with Gasteiger partial charge in [0.2, 0.25) is 0 Å². The molecule has 0 fully saturated rings. The summed E-state index contributed by atoms with van der Waals surface area (Å²) in [6.07, 6.45) is 3.15. The van der Waals surface area contributed by atoms with Gasteiger partial charge >= 0.3 is 0 Å². The Bertz CT molecular complexity index is 772. The van der Waals surface area contributed by atoms with Crippen molar-refractivity contribution in [1.82, 2.24) is 24.6 Å². The third kappa shape index (κ3) is 2.78. The lowest BCUT2D eigenvalue weighted by molar-refractivity contribution is 0.322. The van der Waals surface area contributed by atoms with E-state index in [0.717, 1.165) is 13.0 Å². The first-order chi connectivity index (χ1) is 10.3. The largest absolute Gasteiger partial charge is 0.343 e. The van der Waals surface area contributed by atoms with Crippen LogP contribution in [0.2, 0.25) is 0 Å². The molecule has 1 atom stereocenters. The zero-order chi connectivity index (χ0) is 16.0. The summed E-state index contributed by atoms with van der Waals surface area (Å²) < 4.78 is 34.5. The molecule has 0 amide bonds. The van der Waals surface area contributed by atoms with Gasteiger partial charge in [-0.3, -0.25) is 0 Å². The third-order valence-corrected chi connectivity index (χ3v) is 4.99. The zero-order valence-electron chi connectivity index (χ0n) is 12.8. The maximum atomic E-state index is 12.5. The van der Waals surface area contributed by atoms with Crippen LogP contribution in [0.25, 0.3) is 0 Å². The molecule has 2 aromatic heterocycles. The van der Waals surface area contributed by atoms with Crippen molar-refractivity contribution in [3.05, 3.63) is 23.9 Å². The molecule has 1 aliphatic heterocycles. The van der Waals surface area contributed by atoms with E-state index in [1.54, 1.807) is 6.33 Å². The van der Waals surface area contributed by atoms with Crippen molar-refractivity contribution < 1.29 is 12.9 Å². The van der Waals surface area contributed by atoms with E-state index in [1.165, 1.54) is 6.07 Å². The fourth-order valence-corrected chi connectivity index (χ4v) is 3.51. The first-order valence-electron chi connectivity index (χ1n) is 7.14. The Morgan fingerprint density at radius 1 is 1.41 bits per heavy atom. The van der Waals surface area contributed by atoms with Crippen molar-refractivity contribution >= 4 is 10.0 Å². The second kappa shape index (κ2) is 5.17. The van der Waals surface area contributed by atoms with Gasteiger partial charge < -0.3 is 9.09 Å². The minimum absolute atomic E-state index is 0.172. The Labute approximate surface area is 129 Å². The molecule has 3 heterocycles. The molecule has 3 rings (SSSR count). The fraction of sp³-hybridized carbons (Fsp3) is 0.615. The van der Waals surface area contributed by atoms with Crippen LogP contribution < -0.4 is 4.72 Å². The number of hydrogen-bond acceptors (Lipinski definition) is 6. The summed E-state index contributed by atoms with van der Waals surface area (Å²) in [6.45, 7) is 6.63. The molecule has 22 heavy (non-hydrogen) atoms. The van der Waals surface area contributed by atoms with Crippen LogP contribution in [0.5, 0.6) is 0 Å². The van der Waals surface area contributed by atoms with Crippen LogP contribution in [0.15, 0.2) is 22.0 Å². The summed E-state index contributed by atoms with van der Waals surface area (Å²) in [5.41, 5.74) is 0.321. The molecule has 1 N–H and O–H groups in total. The van der Waals surface area contributed by atoms with E-state index in [1.807, 2.05) is 25.3 Å². The lowest BCUT2D eigenvalue weighted by Gasteiger charge is -2.22. The van der Waals surface area contributed by atoms with Gasteiger partial charge in [0.1, 0.15) is 6.33 Å². The Balaban J connectivity index is 1.85. The van der Waals surface area contributed by atoms with Crippen molar-refractivity contribution in [2.45, 2.75) is 56.7 Å². The van der Waals surface area contributed by atoms with E-state index in [0.29, 0.717) is 17.9 Å². The highest BCUT2D eigenvalue weighted by Crippen LogP contribution is 2.27. The maximum absolute atomic E-state index is 12.5. The predicted molar refractivity (Wildman–Crippen MR) is 77.5 cm³/mol. The molecule has 120 valence electrons. The highest BCUT2D eigenvalue weighted by atomic mass is 32.2. The highest BCUT2D eigenvalue weighted by molar-refractivity contribution is 7.89. The molecular formula is C13H19N5O3S. The molecule has 2 aromatic rings. The fourth-order valence-electron chi connectivity index (χ4n) is 2.40. The maximum Gasteiger partial charge on any atom is 0.277 e. The molecule has 9 heteroatoms. The number of rotatable bonds is 3. The first kappa shape index (κ1) is 15.2. The van der Waals surface area contributed by atoms with Crippen molar-refractivity contribution in [2.24, 2.45) is 0 Å². The number of nitrogens with zero attached hydrogens (tertiary/aromatic N) is 4. The minimum atomic E-state index is -3.78. The SMILES string of the molecule is CC(C)(C)c1cc(S(=O)(=O)NC2CCCn3cnnc32)on1. The predicted octanol–water partition coefficient (Wildman–Crippen LogP) is 1.38. The van der Waals surface area contributed by atoms with Gasteiger partial charge in [0, 0.05) is 18.0 Å². The van der Waals surface area contributed by atoms with Gasteiger partial charge in [-0.05, 0) is 12.8 Å². The average Bonchev–Trinajstić information content (AvgIpc) is 3.07. The van der Waals surface area contributed by atoms with Crippen LogP contribution in [-0.4, -0.2) is 28.3 Å². The smallest absolute Gasteiger partial charge is 0.277 e. The van der Waals surface area contributed by atoms with Crippen molar-refractivity contribution in [1.29, 1.82) is 0 Å². The summed E-state index contributed by atoms with van der Waals surface area (Å²) in [5, 5.41) is 11.5. The Morgan fingerprint density at radius 2 is 2.18 bits per heavy atom. The summed E-state index contributed by atoms with van der Waals surface area (Å²) >= 11 is 0. The van der Waals surface area contributed by atoms with E-state index in [4.69, 9.17) is 4.52 Å². The van der Waals surface area contributed by atoms with Crippen LogP contribution in [0.4, 0.5) is 0 Å². The molecule has 8 nitrogen and oxygen atoms in total. The van der Waals surface area contributed by atoms with Crippen LogP contribution in [0, 0.1) is 0 Å². The lowest BCUT2D eigenvalue weighted by atomic mass is 9.93. The van der Waals surface area contributed by atoms with Crippen molar-refractivity contribution in [3.8, 4) is 0 Å². The molecule has 1 unspecified atom stereocenters. The van der Waals surface area contributed by atoms with Gasteiger partial charge in [-0.25, -0.2) is 8.42 Å². The quantitative estimate of drug-likeness (QED) is 0.914. The van der Waals surface area contributed by atoms with E-state index in [2.05, 4.69) is 20.1 Å². The van der Waals surface area contributed by atoms with Crippen molar-refractivity contribution in [3.63, 3.8) is 0 Å². The number of sulfonamides is 1. The number of aromatic nitrogens is 4. The van der Waals surface area contributed by atoms with Gasteiger partial charge in [-0.2, -0.15) is 4.72 Å². The molecule has 0 spiro atoms. The summed E-state index contributed by atoms with van der Waals surface area (Å²) in [5.74, 6) is 0.630. The van der Waals surface area contributed by atoms with Gasteiger partial charge in [-0.15, -0.1) is 10.2 Å². The van der Waals surface area contributed by atoms with E-state index >= 15 is 0 Å². The molecule has 1 aliphatic rings. The Kier molecular flexibility index (Phi) is 3.56. The standard InChI is InChI=1S/C13H19N5O3S/c1-13(2,3)10-7-11(21-16-10)22(19,20)17-9-5-4-6-18-8-14-15-12(9)18/h7-9,17H,4-6H2,1-3H3. The molecule has 0 radical (unpaired) electrons. The zero-order valence-corrected chi connectivity index (χ0v) is 13.6. The highest BCUT2D eigenvalue weighted by Gasteiger charge is 2.31. The van der Waals surface area contributed by atoms with Crippen molar-refractivity contribution in [2.75, 3.05) is 0 Å².